The summed E-state index contributed by atoms with van der Waals surface area (Å²) in [5.41, 5.74) is 6.33. The summed E-state index contributed by atoms with van der Waals surface area (Å²) in [7, 11) is 1.92. The van der Waals surface area contributed by atoms with Crippen molar-refractivity contribution in [2.75, 3.05) is 18.1 Å². The van der Waals surface area contributed by atoms with E-state index in [2.05, 4.69) is 10.2 Å². The second kappa shape index (κ2) is 5.58. The van der Waals surface area contributed by atoms with Gasteiger partial charge in [-0.15, -0.1) is 10.2 Å². The molecule has 0 atom stereocenters. The number of benzene rings is 1. The molecular weight excluding hydrogens is 236 g/mol. The highest BCUT2D eigenvalue weighted by Gasteiger charge is 2.01. The molecule has 0 aliphatic heterocycles. The Morgan fingerprint density at radius 2 is 2.12 bits per heavy atom. The van der Waals surface area contributed by atoms with Crippen molar-refractivity contribution in [2.45, 2.75) is 5.16 Å². The molecule has 2 rings (SSSR count). The molecule has 0 saturated heterocycles. The fourth-order valence-corrected chi connectivity index (χ4v) is 1.96. The fourth-order valence-electron chi connectivity index (χ4n) is 1.26. The predicted octanol–water partition coefficient (Wildman–Crippen LogP) is 1.57. The van der Waals surface area contributed by atoms with Gasteiger partial charge in [0.15, 0.2) is 5.16 Å². The number of nitrogens with two attached hydrogens (primary N) is 1. The first-order valence-electron chi connectivity index (χ1n) is 5.21. The van der Waals surface area contributed by atoms with Gasteiger partial charge in [0.05, 0.1) is 6.61 Å². The molecule has 2 aromatic rings. The van der Waals surface area contributed by atoms with Crippen molar-refractivity contribution in [3.05, 3.63) is 30.6 Å². The van der Waals surface area contributed by atoms with Crippen LogP contribution in [0.2, 0.25) is 0 Å². The third-order valence-corrected chi connectivity index (χ3v) is 3.13. The Labute approximate surface area is 104 Å². The molecule has 0 saturated carbocycles. The first-order valence-corrected chi connectivity index (χ1v) is 6.19. The number of aromatic nitrogens is 3. The fraction of sp³-hybridized carbons (Fsp3) is 0.273. The maximum Gasteiger partial charge on any atom is 0.190 e. The number of hydrogen-bond donors (Lipinski definition) is 1. The zero-order valence-corrected chi connectivity index (χ0v) is 10.4. The molecule has 1 heterocycles. The molecule has 0 aliphatic carbocycles. The van der Waals surface area contributed by atoms with Crippen molar-refractivity contribution in [3.63, 3.8) is 0 Å². The smallest absolute Gasteiger partial charge is 0.190 e. The highest BCUT2D eigenvalue weighted by molar-refractivity contribution is 7.99. The minimum atomic E-state index is 0.626. The number of aryl methyl sites for hydroxylation is 1. The summed E-state index contributed by atoms with van der Waals surface area (Å²) in [5.74, 6) is 1.66. The first kappa shape index (κ1) is 11.8. The van der Waals surface area contributed by atoms with Crippen molar-refractivity contribution >= 4 is 17.4 Å². The van der Waals surface area contributed by atoms with Gasteiger partial charge in [0.25, 0.3) is 0 Å². The summed E-state index contributed by atoms with van der Waals surface area (Å²) in [5, 5.41) is 8.68. The van der Waals surface area contributed by atoms with E-state index in [4.69, 9.17) is 10.5 Å². The van der Waals surface area contributed by atoms with Crippen LogP contribution >= 0.6 is 11.8 Å². The van der Waals surface area contributed by atoms with Gasteiger partial charge in [-0.2, -0.15) is 0 Å². The third kappa shape index (κ3) is 3.39. The summed E-state index contributed by atoms with van der Waals surface area (Å²) < 4.78 is 7.45. The molecule has 90 valence electrons. The number of nitrogen functional groups attached to an aromatic ring is 1. The summed E-state index contributed by atoms with van der Waals surface area (Å²) in [4.78, 5) is 0. The Morgan fingerprint density at radius 3 is 2.76 bits per heavy atom. The van der Waals surface area contributed by atoms with Gasteiger partial charge in [0.1, 0.15) is 12.1 Å². The standard InChI is InChI=1S/C11H14N4OS/c1-15-8-13-14-11(15)17-7-6-16-10-4-2-9(12)3-5-10/h2-5,8H,6-7,12H2,1H3. The van der Waals surface area contributed by atoms with E-state index < -0.39 is 0 Å². The SMILES string of the molecule is Cn1cnnc1SCCOc1ccc(N)cc1. The van der Waals surface area contributed by atoms with Crippen LogP contribution in [-0.4, -0.2) is 27.1 Å². The summed E-state index contributed by atoms with van der Waals surface area (Å²) >= 11 is 1.62. The van der Waals surface area contributed by atoms with Crippen LogP contribution in [-0.2, 0) is 7.05 Å². The lowest BCUT2D eigenvalue weighted by Gasteiger charge is -2.05. The molecule has 2 N–H and O–H groups in total. The lowest BCUT2D eigenvalue weighted by atomic mass is 10.3. The molecule has 0 fully saturated rings. The molecule has 0 aliphatic rings. The highest BCUT2D eigenvalue weighted by atomic mass is 32.2. The van der Waals surface area contributed by atoms with E-state index in [1.807, 2.05) is 35.9 Å². The van der Waals surface area contributed by atoms with E-state index in [1.54, 1.807) is 18.1 Å². The molecule has 1 aromatic carbocycles. The number of anilines is 1. The van der Waals surface area contributed by atoms with E-state index in [-0.39, 0.29) is 0 Å². The minimum absolute atomic E-state index is 0.626. The zero-order chi connectivity index (χ0) is 12.1. The van der Waals surface area contributed by atoms with Gasteiger partial charge in [-0.3, -0.25) is 0 Å². The molecule has 0 amide bonds. The summed E-state index contributed by atoms with van der Waals surface area (Å²) in [6, 6.07) is 7.38. The Bertz CT molecular complexity index is 469. The van der Waals surface area contributed by atoms with Crippen molar-refractivity contribution in [3.8, 4) is 5.75 Å². The van der Waals surface area contributed by atoms with Crippen LogP contribution in [0.3, 0.4) is 0 Å². The molecule has 6 heteroatoms. The average Bonchev–Trinajstić information content (AvgIpc) is 2.73. The van der Waals surface area contributed by atoms with Crippen LogP contribution in [0.1, 0.15) is 0 Å². The van der Waals surface area contributed by atoms with E-state index in [1.165, 1.54) is 0 Å². The topological polar surface area (TPSA) is 66.0 Å². The molecule has 0 spiro atoms. The lowest BCUT2D eigenvalue weighted by Crippen LogP contribution is -2.01. The van der Waals surface area contributed by atoms with Crippen molar-refractivity contribution in [1.82, 2.24) is 14.8 Å². The maximum atomic E-state index is 5.58. The van der Waals surface area contributed by atoms with Crippen LogP contribution in [0, 0.1) is 0 Å². The predicted molar refractivity (Wildman–Crippen MR) is 68.1 cm³/mol. The van der Waals surface area contributed by atoms with Gasteiger partial charge in [-0.25, -0.2) is 0 Å². The monoisotopic (exact) mass is 250 g/mol. The summed E-state index contributed by atoms with van der Waals surface area (Å²) in [6.07, 6.45) is 1.68. The van der Waals surface area contributed by atoms with E-state index in [0.29, 0.717) is 6.61 Å². The number of nitrogens with zero attached hydrogens (tertiary/aromatic N) is 3. The van der Waals surface area contributed by atoms with Gasteiger partial charge < -0.3 is 15.0 Å². The van der Waals surface area contributed by atoms with Crippen LogP contribution in [0.15, 0.2) is 35.7 Å². The summed E-state index contributed by atoms with van der Waals surface area (Å²) in [6.45, 7) is 0.626. The van der Waals surface area contributed by atoms with Gasteiger partial charge in [-0.1, -0.05) is 11.8 Å². The largest absolute Gasteiger partial charge is 0.493 e. The number of rotatable bonds is 5. The number of thioether (sulfide) groups is 1. The second-order valence-electron chi connectivity index (χ2n) is 3.49. The molecule has 0 bridgehead atoms. The molecule has 5 nitrogen and oxygen atoms in total. The van der Waals surface area contributed by atoms with Crippen molar-refractivity contribution < 1.29 is 4.74 Å². The van der Waals surface area contributed by atoms with Crippen LogP contribution < -0.4 is 10.5 Å². The molecule has 0 radical (unpaired) electrons. The average molecular weight is 250 g/mol. The van der Waals surface area contributed by atoms with Gasteiger partial charge in [-0.05, 0) is 24.3 Å². The minimum Gasteiger partial charge on any atom is -0.493 e. The second-order valence-corrected chi connectivity index (χ2v) is 4.55. The first-order chi connectivity index (χ1) is 8.25. The van der Waals surface area contributed by atoms with Crippen LogP contribution in [0.25, 0.3) is 0 Å². The van der Waals surface area contributed by atoms with Crippen molar-refractivity contribution in [2.24, 2.45) is 7.05 Å². The Morgan fingerprint density at radius 1 is 1.35 bits per heavy atom. The van der Waals surface area contributed by atoms with E-state index >= 15 is 0 Å². The Kier molecular flexibility index (Phi) is 3.87. The number of ether oxygens (including phenoxy) is 1. The third-order valence-electron chi connectivity index (χ3n) is 2.13. The van der Waals surface area contributed by atoms with Gasteiger partial charge >= 0.3 is 0 Å². The molecule has 17 heavy (non-hydrogen) atoms. The maximum absolute atomic E-state index is 5.58. The lowest BCUT2D eigenvalue weighted by molar-refractivity contribution is 0.344. The molecule has 1 aromatic heterocycles. The van der Waals surface area contributed by atoms with Crippen LogP contribution in [0.5, 0.6) is 5.75 Å². The van der Waals surface area contributed by atoms with Gasteiger partial charge in [0.2, 0.25) is 0 Å². The zero-order valence-electron chi connectivity index (χ0n) is 9.54. The molecular formula is C11H14N4OS. The van der Waals surface area contributed by atoms with E-state index in [9.17, 15) is 0 Å². The Balaban J connectivity index is 1.73. The highest BCUT2D eigenvalue weighted by Crippen LogP contribution is 2.16. The normalized spacial score (nSPS) is 10.4. The van der Waals surface area contributed by atoms with Crippen LogP contribution in [0.4, 0.5) is 5.69 Å². The quantitative estimate of drug-likeness (QED) is 0.495. The van der Waals surface area contributed by atoms with Crippen molar-refractivity contribution in [1.29, 1.82) is 0 Å². The number of hydrogen-bond acceptors (Lipinski definition) is 5. The van der Waals surface area contributed by atoms with Gasteiger partial charge in [0, 0.05) is 18.5 Å². The Hall–Kier alpha value is -1.69. The van der Waals surface area contributed by atoms with E-state index in [0.717, 1.165) is 22.3 Å². The molecule has 0 unspecified atom stereocenters.